The number of hydrogen-bond donors (Lipinski definition) is 2. The molecular weight excluding hydrogens is 276 g/mol. The molecule has 0 aliphatic heterocycles. The van der Waals surface area contributed by atoms with Crippen molar-refractivity contribution in [3.63, 3.8) is 0 Å². The fourth-order valence-corrected chi connectivity index (χ4v) is 1.49. The highest BCUT2D eigenvalue weighted by Gasteiger charge is 2.12. The lowest BCUT2D eigenvalue weighted by molar-refractivity contribution is -0.129. The number of rotatable bonds is 14. The van der Waals surface area contributed by atoms with Crippen molar-refractivity contribution in [1.82, 2.24) is 10.6 Å². The molecule has 21 heavy (non-hydrogen) atoms. The second-order valence-electron chi connectivity index (χ2n) is 4.57. The van der Waals surface area contributed by atoms with Gasteiger partial charge in [-0.2, -0.15) is 0 Å². The molecule has 0 aromatic heterocycles. The van der Waals surface area contributed by atoms with Gasteiger partial charge in [0.05, 0.1) is 25.9 Å². The first-order valence-corrected chi connectivity index (χ1v) is 7.20. The number of nitrogens with one attached hydrogen (secondary N) is 2. The monoisotopic (exact) mass is 302 g/mol. The third kappa shape index (κ3) is 13.4. The molecule has 2 N–H and O–H groups in total. The first-order chi connectivity index (χ1) is 10.1. The molecule has 0 bridgehead atoms. The Balaban J connectivity index is 3.55. The minimum Gasteiger partial charge on any atom is -0.378 e. The van der Waals surface area contributed by atoms with Crippen molar-refractivity contribution >= 4 is 18.0 Å². The van der Waals surface area contributed by atoms with Gasteiger partial charge in [-0.25, -0.2) is 0 Å². The summed E-state index contributed by atoms with van der Waals surface area (Å²) in [5.74, 6) is -0.384. The molecule has 0 aliphatic carbocycles. The van der Waals surface area contributed by atoms with Crippen molar-refractivity contribution in [2.75, 3.05) is 39.5 Å². The molecule has 0 saturated carbocycles. The van der Waals surface area contributed by atoms with Crippen molar-refractivity contribution in [1.29, 1.82) is 0 Å². The number of carbonyl (C=O) groups is 3. The maximum atomic E-state index is 11.5. The fraction of sp³-hybridized carbons (Fsp3) is 0.786. The summed E-state index contributed by atoms with van der Waals surface area (Å²) in [6, 6.07) is -0.638. The molecule has 0 spiro atoms. The molecule has 0 heterocycles. The summed E-state index contributed by atoms with van der Waals surface area (Å²) in [5, 5.41) is 5.62. The smallest absolute Gasteiger partial charge is 0.246 e. The summed E-state index contributed by atoms with van der Waals surface area (Å²) in [6.07, 6.45) is 1.22. The molecule has 0 radical (unpaired) electrons. The van der Waals surface area contributed by atoms with Gasteiger partial charge in [0.2, 0.25) is 5.91 Å². The number of ketones is 1. The van der Waals surface area contributed by atoms with E-state index in [1.54, 1.807) is 0 Å². The summed E-state index contributed by atoms with van der Waals surface area (Å²) >= 11 is 0. The van der Waals surface area contributed by atoms with Crippen LogP contribution in [0.4, 0.5) is 0 Å². The third-order valence-electron chi connectivity index (χ3n) is 2.60. The van der Waals surface area contributed by atoms with Crippen LogP contribution in [-0.4, -0.2) is 63.5 Å². The van der Waals surface area contributed by atoms with E-state index in [0.29, 0.717) is 32.5 Å². The number of amides is 1. The minimum absolute atomic E-state index is 0.0120. The molecule has 1 atom stereocenters. The van der Waals surface area contributed by atoms with Crippen molar-refractivity contribution in [2.45, 2.75) is 32.7 Å². The van der Waals surface area contributed by atoms with Gasteiger partial charge in [-0.1, -0.05) is 6.92 Å². The van der Waals surface area contributed by atoms with Crippen LogP contribution in [0.5, 0.6) is 0 Å². The van der Waals surface area contributed by atoms with Crippen LogP contribution >= 0.6 is 0 Å². The Morgan fingerprint density at radius 3 is 2.52 bits per heavy atom. The summed E-state index contributed by atoms with van der Waals surface area (Å²) < 4.78 is 10.4. The lowest BCUT2D eigenvalue weighted by Gasteiger charge is -2.12. The SMILES string of the molecule is CCNCCOCCOCC(=O)NC(C=O)CCC(C)=O. The molecule has 1 unspecified atom stereocenters. The van der Waals surface area contributed by atoms with Gasteiger partial charge < -0.3 is 29.7 Å². The number of ether oxygens (including phenoxy) is 2. The number of aldehydes is 1. The standard InChI is InChI=1S/C14H26N2O5/c1-3-15-6-7-20-8-9-21-11-14(19)16-13(10-17)5-4-12(2)18/h10,13,15H,3-9,11H2,1-2H3,(H,16,19). The van der Waals surface area contributed by atoms with Crippen molar-refractivity contribution < 1.29 is 23.9 Å². The van der Waals surface area contributed by atoms with E-state index < -0.39 is 6.04 Å². The van der Waals surface area contributed by atoms with E-state index in [4.69, 9.17) is 9.47 Å². The molecule has 7 nitrogen and oxygen atoms in total. The van der Waals surface area contributed by atoms with E-state index >= 15 is 0 Å². The summed E-state index contributed by atoms with van der Waals surface area (Å²) in [4.78, 5) is 33.1. The van der Waals surface area contributed by atoms with Gasteiger partial charge in [0.1, 0.15) is 18.7 Å². The van der Waals surface area contributed by atoms with Crippen molar-refractivity contribution in [3.05, 3.63) is 0 Å². The van der Waals surface area contributed by atoms with Crippen LogP contribution in [0.1, 0.15) is 26.7 Å². The quantitative estimate of drug-likeness (QED) is 0.337. The Bertz CT molecular complexity index is 310. The van der Waals surface area contributed by atoms with E-state index in [0.717, 1.165) is 13.1 Å². The molecule has 122 valence electrons. The summed E-state index contributed by atoms with van der Waals surface area (Å²) in [5.41, 5.74) is 0. The molecule has 0 rings (SSSR count). The predicted octanol–water partition coefficient (Wildman–Crippen LogP) is -0.318. The molecule has 7 heteroatoms. The van der Waals surface area contributed by atoms with Crippen LogP contribution in [0.2, 0.25) is 0 Å². The molecule has 1 amide bonds. The van der Waals surface area contributed by atoms with E-state index in [1.807, 2.05) is 6.92 Å². The largest absolute Gasteiger partial charge is 0.378 e. The minimum atomic E-state index is -0.638. The molecule has 0 aromatic rings. The van der Waals surface area contributed by atoms with Crippen LogP contribution in [0.25, 0.3) is 0 Å². The third-order valence-corrected chi connectivity index (χ3v) is 2.60. The molecular formula is C14H26N2O5. The molecule has 0 fully saturated rings. The average molecular weight is 302 g/mol. The Kier molecular flexibility index (Phi) is 12.8. The van der Waals surface area contributed by atoms with Crippen LogP contribution in [0, 0.1) is 0 Å². The Morgan fingerprint density at radius 2 is 1.90 bits per heavy atom. The number of likely N-dealkylation sites (N-methyl/N-ethyl adjacent to an activating group) is 1. The van der Waals surface area contributed by atoms with Gasteiger partial charge in [0.25, 0.3) is 0 Å². The zero-order valence-electron chi connectivity index (χ0n) is 12.9. The second kappa shape index (κ2) is 13.7. The van der Waals surface area contributed by atoms with E-state index in [1.165, 1.54) is 6.92 Å². The lowest BCUT2D eigenvalue weighted by Crippen LogP contribution is -2.38. The molecule has 0 saturated heterocycles. The fourth-order valence-electron chi connectivity index (χ4n) is 1.49. The second-order valence-corrected chi connectivity index (χ2v) is 4.57. The van der Waals surface area contributed by atoms with Gasteiger partial charge in [-0.05, 0) is 19.9 Å². The summed E-state index contributed by atoms with van der Waals surface area (Å²) in [7, 11) is 0. The Morgan fingerprint density at radius 1 is 1.19 bits per heavy atom. The van der Waals surface area contributed by atoms with Gasteiger partial charge in [0.15, 0.2) is 0 Å². The zero-order valence-corrected chi connectivity index (χ0v) is 12.9. The highest BCUT2D eigenvalue weighted by molar-refractivity contribution is 5.81. The highest BCUT2D eigenvalue weighted by Crippen LogP contribution is 1.95. The van der Waals surface area contributed by atoms with Crippen LogP contribution in [0.15, 0.2) is 0 Å². The van der Waals surface area contributed by atoms with Gasteiger partial charge in [-0.15, -0.1) is 0 Å². The predicted molar refractivity (Wildman–Crippen MR) is 78.1 cm³/mol. The summed E-state index contributed by atoms with van der Waals surface area (Å²) in [6.45, 7) is 6.37. The van der Waals surface area contributed by atoms with Crippen LogP contribution in [-0.2, 0) is 23.9 Å². The average Bonchev–Trinajstić information content (AvgIpc) is 2.46. The number of Topliss-reactive ketones (excluding diaryl/α,β-unsaturated/α-hetero) is 1. The van der Waals surface area contributed by atoms with Crippen LogP contribution < -0.4 is 10.6 Å². The van der Waals surface area contributed by atoms with Gasteiger partial charge in [-0.3, -0.25) is 4.79 Å². The van der Waals surface area contributed by atoms with Gasteiger partial charge >= 0.3 is 0 Å². The number of hydrogen-bond acceptors (Lipinski definition) is 6. The lowest BCUT2D eigenvalue weighted by atomic mass is 10.1. The Hall–Kier alpha value is -1.31. The van der Waals surface area contributed by atoms with E-state index in [9.17, 15) is 14.4 Å². The van der Waals surface area contributed by atoms with Crippen molar-refractivity contribution in [2.24, 2.45) is 0 Å². The van der Waals surface area contributed by atoms with Crippen LogP contribution in [0.3, 0.4) is 0 Å². The number of carbonyl (C=O) groups excluding carboxylic acids is 3. The molecule has 0 aliphatic rings. The molecule has 0 aromatic carbocycles. The van der Waals surface area contributed by atoms with E-state index in [2.05, 4.69) is 10.6 Å². The maximum Gasteiger partial charge on any atom is 0.246 e. The van der Waals surface area contributed by atoms with Crippen molar-refractivity contribution in [3.8, 4) is 0 Å². The maximum absolute atomic E-state index is 11.5. The normalized spacial score (nSPS) is 11.9. The Labute approximate surface area is 125 Å². The van der Waals surface area contributed by atoms with Gasteiger partial charge in [0, 0.05) is 13.0 Å². The first-order valence-electron chi connectivity index (χ1n) is 7.20. The highest BCUT2D eigenvalue weighted by atomic mass is 16.5. The zero-order chi connectivity index (χ0) is 15.9. The topological polar surface area (TPSA) is 93.7 Å². The first kappa shape index (κ1) is 19.7. The van der Waals surface area contributed by atoms with E-state index in [-0.39, 0.29) is 24.7 Å².